The summed E-state index contributed by atoms with van der Waals surface area (Å²) in [7, 11) is 0. The van der Waals surface area contributed by atoms with Gasteiger partial charge in [-0.15, -0.1) is 0 Å². The fourth-order valence-electron chi connectivity index (χ4n) is 3.94. The fraction of sp³-hybridized carbons (Fsp3) is 0.440. The van der Waals surface area contributed by atoms with Crippen molar-refractivity contribution in [3.8, 4) is 0 Å². The van der Waals surface area contributed by atoms with E-state index in [0.717, 1.165) is 38.0 Å². The Labute approximate surface area is 183 Å². The monoisotopic (exact) mass is 426 g/mol. The molecule has 2 aromatic rings. The molecule has 1 heterocycles. The number of carbonyl (C=O) groups is 2. The van der Waals surface area contributed by atoms with Gasteiger partial charge in [0.25, 0.3) is 5.91 Å². The van der Waals surface area contributed by atoms with Gasteiger partial charge in [0.15, 0.2) is 5.78 Å². The normalized spacial score (nSPS) is 16.3. The zero-order valence-electron chi connectivity index (χ0n) is 18.2. The van der Waals surface area contributed by atoms with Crippen molar-refractivity contribution < 1.29 is 19.1 Å². The summed E-state index contributed by atoms with van der Waals surface area (Å²) in [5.41, 5.74) is 1.92. The summed E-state index contributed by atoms with van der Waals surface area (Å²) in [6, 6.07) is 12.7. The average molecular weight is 427 g/mol. The van der Waals surface area contributed by atoms with E-state index in [0.29, 0.717) is 11.1 Å². The maximum atomic E-state index is 13.1. The first-order valence-electron chi connectivity index (χ1n) is 10.9. The molecule has 1 saturated heterocycles. The Bertz CT molecular complexity index is 873. The van der Waals surface area contributed by atoms with Crippen LogP contribution in [0.2, 0.25) is 0 Å². The fourth-order valence-corrected chi connectivity index (χ4v) is 3.94. The number of likely N-dealkylation sites (tertiary alicyclic amines) is 1. The van der Waals surface area contributed by atoms with Crippen molar-refractivity contribution in [2.45, 2.75) is 39.3 Å². The van der Waals surface area contributed by atoms with Gasteiger partial charge in [-0.05, 0) is 73.8 Å². The highest BCUT2D eigenvalue weighted by molar-refractivity contribution is 5.97. The topological polar surface area (TPSA) is 69.6 Å². The molecule has 1 amide bonds. The van der Waals surface area contributed by atoms with E-state index >= 15 is 0 Å². The molecule has 166 valence electrons. The van der Waals surface area contributed by atoms with Crippen LogP contribution in [0.1, 0.15) is 53.0 Å². The first-order valence-corrected chi connectivity index (χ1v) is 10.9. The molecule has 1 aliphatic heterocycles. The molecule has 0 aromatic heterocycles. The maximum Gasteiger partial charge on any atom is 0.251 e. The van der Waals surface area contributed by atoms with Gasteiger partial charge in [-0.25, -0.2) is 4.39 Å². The first kappa shape index (κ1) is 23.1. The van der Waals surface area contributed by atoms with Gasteiger partial charge in [-0.1, -0.05) is 26.0 Å². The summed E-state index contributed by atoms with van der Waals surface area (Å²) in [4.78, 5) is 27.6. The lowest BCUT2D eigenvalue weighted by Gasteiger charge is -2.35. The van der Waals surface area contributed by atoms with Gasteiger partial charge in [0.2, 0.25) is 0 Å². The predicted octanol–water partition coefficient (Wildman–Crippen LogP) is 3.67. The SMILES string of the molecule is CC(C)C(CN1CCC(C(=O)c2ccc(F)cc2)CC1)NC(=O)c1ccc(CO)cc1. The summed E-state index contributed by atoms with van der Waals surface area (Å²) in [6.45, 7) is 6.45. The van der Waals surface area contributed by atoms with Gasteiger partial charge < -0.3 is 15.3 Å². The number of hydrogen-bond donors (Lipinski definition) is 2. The number of Topliss-reactive ketones (excluding diaryl/α,β-unsaturated/α-hetero) is 1. The maximum absolute atomic E-state index is 13.1. The van der Waals surface area contributed by atoms with Crippen molar-refractivity contribution >= 4 is 11.7 Å². The minimum Gasteiger partial charge on any atom is -0.392 e. The van der Waals surface area contributed by atoms with E-state index in [4.69, 9.17) is 5.11 Å². The minimum atomic E-state index is -0.336. The molecule has 1 atom stereocenters. The molecule has 3 rings (SSSR count). The third-order valence-corrected chi connectivity index (χ3v) is 6.06. The molecule has 1 fully saturated rings. The van der Waals surface area contributed by atoms with Gasteiger partial charge in [-0.2, -0.15) is 0 Å². The third kappa shape index (κ3) is 6.21. The van der Waals surface area contributed by atoms with E-state index in [1.165, 1.54) is 12.1 Å². The van der Waals surface area contributed by atoms with Crippen molar-refractivity contribution in [1.82, 2.24) is 10.2 Å². The van der Waals surface area contributed by atoms with E-state index in [9.17, 15) is 14.0 Å². The number of aliphatic hydroxyl groups excluding tert-OH is 1. The van der Waals surface area contributed by atoms with Crippen LogP contribution in [0.3, 0.4) is 0 Å². The largest absolute Gasteiger partial charge is 0.392 e. The molecule has 6 heteroatoms. The zero-order chi connectivity index (χ0) is 22.4. The molecule has 2 aromatic carbocycles. The van der Waals surface area contributed by atoms with Gasteiger partial charge in [0.05, 0.1) is 6.61 Å². The molecule has 2 N–H and O–H groups in total. The Kier molecular flexibility index (Phi) is 7.93. The predicted molar refractivity (Wildman–Crippen MR) is 118 cm³/mol. The van der Waals surface area contributed by atoms with Crippen LogP contribution in [0.25, 0.3) is 0 Å². The van der Waals surface area contributed by atoms with Crippen LogP contribution in [-0.4, -0.2) is 47.4 Å². The van der Waals surface area contributed by atoms with Crippen LogP contribution in [0.4, 0.5) is 4.39 Å². The molecule has 0 saturated carbocycles. The van der Waals surface area contributed by atoms with Crippen molar-refractivity contribution in [2.75, 3.05) is 19.6 Å². The number of nitrogens with zero attached hydrogens (tertiary/aromatic N) is 1. The third-order valence-electron chi connectivity index (χ3n) is 6.06. The number of ketones is 1. The van der Waals surface area contributed by atoms with E-state index in [1.54, 1.807) is 36.4 Å². The molecule has 1 aliphatic rings. The van der Waals surface area contributed by atoms with Crippen LogP contribution < -0.4 is 5.32 Å². The number of amides is 1. The highest BCUT2D eigenvalue weighted by Gasteiger charge is 2.28. The van der Waals surface area contributed by atoms with E-state index in [-0.39, 0.29) is 42.0 Å². The molecule has 0 spiro atoms. The second-order valence-electron chi connectivity index (χ2n) is 8.63. The minimum absolute atomic E-state index is 0.00521. The van der Waals surface area contributed by atoms with Gasteiger partial charge >= 0.3 is 0 Å². The molecule has 31 heavy (non-hydrogen) atoms. The standard InChI is InChI=1S/C25H31FN2O3/c1-17(2)23(27-25(31)21-5-3-18(16-29)4-6-21)15-28-13-11-20(12-14-28)24(30)19-7-9-22(26)10-8-19/h3-10,17,20,23,29H,11-16H2,1-2H3,(H,27,31). The summed E-state index contributed by atoms with van der Waals surface area (Å²) in [5.74, 6) is -0.153. The summed E-state index contributed by atoms with van der Waals surface area (Å²) < 4.78 is 13.1. The molecule has 0 bridgehead atoms. The Morgan fingerprint density at radius 3 is 2.16 bits per heavy atom. The summed E-state index contributed by atoms with van der Waals surface area (Å²) in [5, 5.41) is 12.3. The Hall–Kier alpha value is -2.57. The van der Waals surface area contributed by atoms with Gasteiger partial charge in [0, 0.05) is 29.6 Å². The van der Waals surface area contributed by atoms with Crippen LogP contribution in [0, 0.1) is 17.7 Å². The van der Waals surface area contributed by atoms with Gasteiger partial charge in [0.1, 0.15) is 5.82 Å². The summed E-state index contributed by atoms with van der Waals surface area (Å²) >= 11 is 0. The second-order valence-corrected chi connectivity index (χ2v) is 8.63. The highest BCUT2D eigenvalue weighted by atomic mass is 19.1. The lowest BCUT2D eigenvalue weighted by molar-refractivity contribution is 0.0811. The van der Waals surface area contributed by atoms with Crippen LogP contribution >= 0.6 is 0 Å². The number of nitrogens with one attached hydrogen (secondary N) is 1. The number of rotatable bonds is 8. The Balaban J connectivity index is 1.53. The molecule has 0 radical (unpaired) electrons. The first-order chi connectivity index (χ1) is 14.9. The average Bonchev–Trinajstić information content (AvgIpc) is 2.79. The molecule has 1 unspecified atom stereocenters. The van der Waals surface area contributed by atoms with Crippen LogP contribution in [0.15, 0.2) is 48.5 Å². The number of halogens is 1. The number of benzene rings is 2. The summed E-state index contributed by atoms with van der Waals surface area (Å²) in [6.07, 6.45) is 1.52. The lowest BCUT2D eigenvalue weighted by Crippen LogP contribution is -2.49. The van der Waals surface area contributed by atoms with E-state index < -0.39 is 0 Å². The number of carbonyl (C=O) groups excluding carboxylic acids is 2. The van der Waals surface area contributed by atoms with Gasteiger partial charge in [-0.3, -0.25) is 9.59 Å². The van der Waals surface area contributed by atoms with E-state index in [1.807, 2.05) is 0 Å². The van der Waals surface area contributed by atoms with Crippen molar-refractivity contribution in [3.05, 3.63) is 71.0 Å². The number of piperidine rings is 1. The molecule has 0 aliphatic carbocycles. The lowest BCUT2D eigenvalue weighted by atomic mass is 9.88. The molecular weight excluding hydrogens is 395 g/mol. The van der Waals surface area contributed by atoms with Crippen molar-refractivity contribution in [1.29, 1.82) is 0 Å². The molecule has 5 nitrogen and oxygen atoms in total. The quantitative estimate of drug-likeness (QED) is 0.632. The Morgan fingerprint density at radius 2 is 1.61 bits per heavy atom. The zero-order valence-corrected chi connectivity index (χ0v) is 18.2. The van der Waals surface area contributed by atoms with E-state index in [2.05, 4.69) is 24.1 Å². The van der Waals surface area contributed by atoms with Crippen LogP contribution in [0.5, 0.6) is 0 Å². The number of aliphatic hydroxyl groups is 1. The highest BCUT2D eigenvalue weighted by Crippen LogP contribution is 2.23. The second kappa shape index (κ2) is 10.6. The van der Waals surface area contributed by atoms with Crippen molar-refractivity contribution in [3.63, 3.8) is 0 Å². The van der Waals surface area contributed by atoms with Crippen LogP contribution in [-0.2, 0) is 6.61 Å². The van der Waals surface area contributed by atoms with Crippen molar-refractivity contribution in [2.24, 2.45) is 11.8 Å². The number of hydrogen-bond acceptors (Lipinski definition) is 4. The smallest absolute Gasteiger partial charge is 0.251 e. The Morgan fingerprint density at radius 1 is 1.03 bits per heavy atom. The molecular formula is C25H31FN2O3.